The molecule has 0 saturated carbocycles. The Morgan fingerprint density at radius 2 is 1.69 bits per heavy atom. The van der Waals surface area contributed by atoms with Crippen LogP contribution in [0.5, 0.6) is 0 Å². The molecular formula is C20H25N10O13P2+. The van der Waals surface area contributed by atoms with Gasteiger partial charge in [-0.05, 0) is 0 Å². The Balaban J connectivity index is 1.21. The number of phosphoric acid groups is 2. The number of aromatic amines is 2. The molecule has 4 aromatic rings. The van der Waals surface area contributed by atoms with Crippen LogP contribution in [0.1, 0.15) is 12.5 Å². The topological polar surface area (TPSA) is 332 Å². The Hall–Kier alpha value is -3.44. The summed E-state index contributed by atoms with van der Waals surface area (Å²) >= 11 is 0. The number of nitrogens with zero attached hydrogens (tertiary/aromatic N) is 6. The van der Waals surface area contributed by atoms with E-state index < -0.39 is 83.5 Å². The van der Waals surface area contributed by atoms with Crippen LogP contribution < -0.4 is 21.6 Å². The number of imidazole rings is 2. The van der Waals surface area contributed by atoms with E-state index >= 15 is 0 Å². The molecule has 3 aliphatic rings. The molecule has 2 bridgehead atoms. The molecule has 23 nitrogen and oxygen atoms in total. The third-order valence-corrected chi connectivity index (χ3v) is 9.35. The van der Waals surface area contributed by atoms with Crippen molar-refractivity contribution >= 4 is 49.7 Å². The van der Waals surface area contributed by atoms with Gasteiger partial charge in [-0.15, -0.1) is 0 Å². The Morgan fingerprint density at radius 1 is 0.978 bits per heavy atom. The zero-order chi connectivity index (χ0) is 31.8. The number of anilines is 2. The molecule has 0 spiro atoms. The van der Waals surface area contributed by atoms with Crippen LogP contribution in [0.4, 0.5) is 11.8 Å². The van der Waals surface area contributed by atoms with Crippen molar-refractivity contribution in [3.63, 3.8) is 0 Å². The van der Waals surface area contributed by atoms with Gasteiger partial charge in [0.1, 0.15) is 42.4 Å². The van der Waals surface area contributed by atoms with Gasteiger partial charge in [-0.25, -0.2) is 28.6 Å². The number of nitrogen functional groups attached to an aromatic ring is 2. The van der Waals surface area contributed by atoms with E-state index in [-0.39, 0.29) is 34.1 Å². The molecule has 242 valence electrons. The fourth-order valence-corrected chi connectivity index (χ4v) is 7.25. The van der Waals surface area contributed by atoms with E-state index in [1.165, 1.54) is 21.8 Å². The standard InChI is InChI=1S/C20H24N10O13P2/c21-14-8-15(24-3-23-14)29(4-25-8)18-11(32)12-7(41-18)2-39-45(36,37)43-13-10(31)6(1-38-44(34,35)42-12)40-19(13)30-5-26-9-16(30)27-20(22)28-17(9)33/h3-7,10-13,18-19,31-32H,1-2H2,(H7,21,22,23,24,27,28,33,34,35,36,37)/p+1. The highest BCUT2D eigenvalue weighted by molar-refractivity contribution is 7.47. The lowest BCUT2D eigenvalue weighted by Crippen LogP contribution is -2.47. The smallest absolute Gasteiger partial charge is 0.387 e. The minimum absolute atomic E-state index is 0.0363. The van der Waals surface area contributed by atoms with E-state index in [4.69, 9.17) is 39.0 Å². The molecule has 3 aliphatic heterocycles. The van der Waals surface area contributed by atoms with E-state index in [0.717, 1.165) is 6.33 Å². The first-order valence-electron chi connectivity index (χ1n) is 13.0. The summed E-state index contributed by atoms with van der Waals surface area (Å²) in [5, 5.41) is 22.1. The molecule has 0 aromatic carbocycles. The number of aliphatic hydroxyl groups is 2. The molecular weight excluding hydrogens is 650 g/mol. The molecule has 3 saturated heterocycles. The number of aliphatic hydroxyl groups excluding tert-OH is 2. The van der Waals surface area contributed by atoms with Gasteiger partial charge in [0, 0.05) is 0 Å². The average Bonchev–Trinajstić information content (AvgIpc) is 3.72. The molecule has 10 unspecified atom stereocenters. The number of hydrogen-bond donors (Lipinski definition) is 8. The quantitative estimate of drug-likeness (QED) is 0.0779. The Bertz CT molecular complexity index is 1940. The molecule has 7 heterocycles. The van der Waals surface area contributed by atoms with E-state index in [1.54, 1.807) is 0 Å². The lowest BCUT2D eigenvalue weighted by Gasteiger charge is -2.24. The van der Waals surface area contributed by atoms with E-state index in [0.29, 0.717) is 0 Å². The van der Waals surface area contributed by atoms with Crippen LogP contribution in [0.3, 0.4) is 0 Å². The Labute approximate surface area is 248 Å². The summed E-state index contributed by atoms with van der Waals surface area (Å²) in [4.78, 5) is 54.6. The van der Waals surface area contributed by atoms with Gasteiger partial charge in [0.2, 0.25) is 11.7 Å². The molecule has 4 aromatic heterocycles. The van der Waals surface area contributed by atoms with Crippen molar-refractivity contribution in [2.75, 3.05) is 24.7 Å². The predicted molar refractivity (Wildman–Crippen MR) is 142 cm³/mol. The van der Waals surface area contributed by atoms with Crippen molar-refractivity contribution in [2.45, 2.75) is 49.1 Å². The van der Waals surface area contributed by atoms with Gasteiger partial charge in [-0.3, -0.25) is 37.4 Å². The first-order chi connectivity index (χ1) is 21.3. The van der Waals surface area contributed by atoms with Gasteiger partial charge < -0.3 is 40.9 Å². The fraction of sp³-hybridized carbons (Fsp3) is 0.500. The summed E-state index contributed by atoms with van der Waals surface area (Å²) in [5.74, 6) is -0.228. The largest absolute Gasteiger partial charge is 0.472 e. The SMILES string of the molecule is Nc1nc2c([nH]c[n+]2C2OC3COP(=O)(O)OC4C(COP(=O)(O)OC2C3O)OC(n2cnc3c(N)ncnc32)C4O)c(=O)[nH]1. The second-order valence-electron chi connectivity index (χ2n) is 10.2. The number of hydrogen-bond acceptors (Lipinski definition) is 17. The maximum atomic E-state index is 13.2. The van der Waals surface area contributed by atoms with Crippen molar-refractivity contribution in [3.8, 4) is 0 Å². The number of rotatable bonds is 2. The molecule has 0 radical (unpaired) electrons. The molecule has 7 rings (SSSR count). The van der Waals surface area contributed by atoms with Gasteiger partial charge >= 0.3 is 21.3 Å². The summed E-state index contributed by atoms with van der Waals surface area (Å²) in [6, 6.07) is 0. The van der Waals surface area contributed by atoms with Crippen LogP contribution in [0.15, 0.2) is 23.8 Å². The van der Waals surface area contributed by atoms with Crippen LogP contribution in [0.2, 0.25) is 0 Å². The molecule has 45 heavy (non-hydrogen) atoms. The zero-order valence-corrected chi connectivity index (χ0v) is 24.2. The van der Waals surface area contributed by atoms with E-state index in [2.05, 4.69) is 29.9 Å². The number of phosphoric ester groups is 2. The number of nitrogens with one attached hydrogen (secondary N) is 2. The van der Waals surface area contributed by atoms with Crippen molar-refractivity contribution < 1.29 is 61.3 Å². The van der Waals surface area contributed by atoms with Crippen LogP contribution in [0, 0.1) is 0 Å². The van der Waals surface area contributed by atoms with E-state index in [1.807, 2.05) is 0 Å². The third kappa shape index (κ3) is 5.31. The lowest BCUT2D eigenvalue weighted by atomic mass is 10.1. The maximum absolute atomic E-state index is 13.2. The van der Waals surface area contributed by atoms with Gasteiger partial charge in [0.15, 0.2) is 30.1 Å². The molecule has 3 fully saturated rings. The number of ether oxygens (including phenoxy) is 2. The van der Waals surface area contributed by atoms with Crippen LogP contribution in [0.25, 0.3) is 22.3 Å². The second-order valence-corrected chi connectivity index (χ2v) is 13.0. The number of nitrogens with two attached hydrogens (primary N) is 2. The minimum Gasteiger partial charge on any atom is -0.387 e. The van der Waals surface area contributed by atoms with Gasteiger partial charge in [0.25, 0.3) is 11.5 Å². The lowest BCUT2D eigenvalue weighted by molar-refractivity contribution is -0.744. The highest BCUT2D eigenvalue weighted by Crippen LogP contribution is 2.53. The second kappa shape index (κ2) is 10.8. The molecule has 10 N–H and O–H groups in total. The first kappa shape index (κ1) is 30.2. The normalized spacial score (nSPS) is 37.7. The van der Waals surface area contributed by atoms with Crippen molar-refractivity contribution in [3.05, 3.63) is 29.3 Å². The molecule has 0 aliphatic carbocycles. The summed E-state index contributed by atoms with van der Waals surface area (Å²) in [6.45, 7) is -1.64. The summed E-state index contributed by atoms with van der Waals surface area (Å²) in [6.07, 6.45) is -8.99. The summed E-state index contributed by atoms with van der Waals surface area (Å²) in [5.41, 5.74) is 11.0. The van der Waals surface area contributed by atoms with Crippen molar-refractivity contribution in [1.29, 1.82) is 0 Å². The fourth-order valence-electron chi connectivity index (χ4n) is 5.35. The first-order valence-corrected chi connectivity index (χ1v) is 16.0. The molecule has 0 amide bonds. The van der Waals surface area contributed by atoms with Crippen LogP contribution >= 0.6 is 15.6 Å². The molecule has 25 heteroatoms. The number of aromatic nitrogens is 8. The average molecular weight is 675 g/mol. The van der Waals surface area contributed by atoms with Gasteiger partial charge in [-0.1, -0.05) is 4.98 Å². The predicted octanol–water partition coefficient (Wildman–Crippen LogP) is -2.92. The third-order valence-electron chi connectivity index (χ3n) is 7.38. The van der Waals surface area contributed by atoms with Gasteiger partial charge in [0.05, 0.1) is 19.5 Å². The van der Waals surface area contributed by atoms with Crippen LogP contribution in [-0.4, -0.2) is 104 Å². The zero-order valence-electron chi connectivity index (χ0n) is 22.5. The Kier molecular flexibility index (Phi) is 7.27. The molecule has 10 atom stereocenters. The summed E-state index contributed by atoms with van der Waals surface area (Å²) in [7, 11) is -10.2. The minimum atomic E-state index is -5.10. The maximum Gasteiger partial charge on any atom is 0.472 e. The van der Waals surface area contributed by atoms with Crippen molar-refractivity contribution in [1.82, 2.24) is 34.5 Å². The monoisotopic (exact) mass is 675 g/mol. The van der Waals surface area contributed by atoms with Crippen molar-refractivity contribution in [2.24, 2.45) is 0 Å². The highest BCUT2D eigenvalue weighted by Gasteiger charge is 2.55. The number of H-pyrrole nitrogens is 2. The number of fused-ring (bicyclic) bond motifs is 5. The summed E-state index contributed by atoms with van der Waals surface area (Å²) < 4.78 is 61.2. The van der Waals surface area contributed by atoms with E-state index in [9.17, 15) is 33.9 Å². The highest BCUT2D eigenvalue weighted by atomic mass is 31.2. The van der Waals surface area contributed by atoms with Gasteiger partial charge in [-0.2, -0.15) is 0 Å². The van der Waals surface area contributed by atoms with Crippen LogP contribution in [-0.2, 0) is 36.7 Å². The Morgan fingerprint density at radius 3 is 2.44 bits per heavy atom.